The second-order valence-corrected chi connectivity index (χ2v) is 6.24. The van der Waals surface area contributed by atoms with Gasteiger partial charge in [0.1, 0.15) is 0 Å². The lowest BCUT2D eigenvalue weighted by Gasteiger charge is -2.25. The van der Waals surface area contributed by atoms with E-state index in [4.69, 9.17) is 25.1 Å². The topological polar surface area (TPSA) is 79.2 Å². The molecular weight excluding hydrogens is 284 g/mol. The maximum atomic E-state index is 9.11. The molecule has 0 atom stereocenters. The lowest BCUT2D eigenvalue weighted by atomic mass is 9.93. The Morgan fingerprint density at radius 1 is 0.636 bits per heavy atom. The summed E-state index contributed by atoms with van der Waals surface area (Å²) in [5.41, 5.74) is -1.02. The SMILES string of the molecule is CCCCCCCCCCCCOOCC(CO)(CO)CO. The van der Waals surface area contributed by atoms with Gasteiger partial charge in [-0.15, -0.1) is 0 Å². The van der Waals surface area contributed by atoms with Crippen molar-refractivity contribution in [2.24, 2.45) is 5.41 Å². The number of aliphatic hydroxyl groups excluding tert-OH is 3. The zero-order valence-corrected chi connectivity index (χ0v) is 14.3. The molecule has 0 aliphatic heterocycles. The third-order valence-corrected chi connectivity index (χ3v) is 4.04. The van der Waals surface area contributed by atoms with Crippen LogP contribution in [0.2, 0.25) is 0 Å². The van der Waals surface area contributed by atoms with Crippen LogP contribution in [-0.2, 0) is 9.78 Å². The van der Waals surface area contributed by atoms with E-state index in [2.05, 4.69) is 6.92 Å². The van der Waals surface area contributed by atoms with E-state index < -0.39 is 5.41 Å². The Morgan fingerprint density at radius 2 is 1.09 bits per heavy atom. The Balaban J connectivity index is 3.27. The van der Waals surface area contributed by atoms with Crippen molar-refractivity contribution in [3.05, 3.63) is 0 Å². The Morgan fingerprint density at radius 3 is 1.55 bits per heavy atom. The van der Waals surface area contributed by atoms with Crippen LogP contribution in [0.4, 0.5) is 0 Å². The minimum Gasteiger partial charge on any atom is -0.396 e. The van der Waals surface area contributed by atoms with Crippen molar-refractivity contribution in [2.45, 2.75) is 71.1 Å². The second-order valence-electron chi connectivity index (χ2n) is 6.24. The average Bonchev–Trinajstić information content (AvgIpc) is 2.56. The average molecular weight is 320 g/mol. The van der Waals surface area contributed by atoms with Gasteiger partial charge in [0.2, 0.25) is 0 Å². The van der Waals surface area contributed by atoms with E-state index in [0.717, 1.165) is 12.8 Å². The molecule has 0 aliphatic carbocycles. The third kappa shape index (κ3) is 11.4. The fourth-order valence-corrected chi connectivity index (χ4v) is 2.16. The molecule has 5 nitrogen and oxygen atoms in total. The van der Waals surface area contributed by atoms with Crippen LogP contribution >= 0.6 is 0 Å². The van der Waals surface area contributed by atoms with E-state index in [1.165, 1.54) is 51.4 Å². The molecule has 0 heterocycles. The van der Waals surface area contributed by atoms with Crippen LogP contribution in [0, 0.1) is 5.41 Å². The molecule has 0 saturated heterocycles. The zero-order chi connectivity index (χ0) is 16.5. The van der Waals surface area contributed by atoms with Crippen LogP contribution in [0.1, 0.15) is 71.1 Å². The van der Waals surface area contributed by atoms with Crippen molar-refractivity contribution in [1.29, 1.82) is 0 Å². The fraction of sp³-hybridized carbons (Fsp3) is 1.00. The van der Waals surface area contributed by atoms with Gasteiger partial charge in [-0.3, -0.25) is 0 Å². The van der Waals surface area contributed by atoms with Gasteiger partial charge in [-0.1, -0.05) is 64.7 Å². The summed E-state index contributed by atoms with van der Waals surface area (Å²) in [6.45, 7) is 1.75. The highest BCUT2D eigenvalue weighted by Gasteiger charge is 2.29. The first kappa shape index (κ1) is 21.8. The van der Waals surface area contributed by atoms with Crippen LogP contribution in [-0.4, -0.2) is 48.4 Å². The van der Waals surface area contributed by atoms with Crippen molar-refractivity contribution in [1.82, 2.24) is 0 Å². The molecule has 0 spiro atoms. The molecule has 3 N–H and O–H groups in total. The highest BCUT2D eigenvalue weighted by molar-refractivity contribution is 4.75. The minimum atomic E-state index is -1.02. The van der Waals surface area contributed by atoms with E-state index in [1.54, 1.807) is 0 Å². The van der Waals surface area contributed by atoms with Crippen LogP contribution in [0.5, 0.6) is 0 Å². The summed E-state index contributed by atoms with van der Waals surface area (Å²) in [7, 11) is 0. The molecule has 0 aromatic rings. The van der Waals surface area contributed by atoms with E-state index >= 15 is 0 Å². The summed E-state index contributed by atoms with van der Waals surface area (Å²) >= 11 is 0. The van der Waals surface area contributed by atoms with Gasteiger partial charge in [-0.05, 0) is 6.42 Å². The van der Waals surface area contributed by atoms with E-state index in [-0.39, 0.29) is 26.4 Å². The molecule has 0 aromatic carbocycles. The van der Waals surface area contributed by atoms with Crippen LogP contribution in [0.15, 0.2) is 0 Å². The van der Waals surface area contributed by atoms with E-state index in [0.29, 0.717) is 6.61 Å². The largest absolute Gasteiger partial charge is 0.396 e. The smallest absolute Gasteiger partial charge is 0.0944 e. The summed E-state index contributed by atoms with van der Waals surface area (Å²) in [6.07, 6.45) is 12.7. The molecular formula is C17H36O5. The normalized spacial score (nSPS) is 12.0. The minimum absolute atomic E-state index is 0.00569. The van der Waals surface area contributed by atoms with Crippen molar-refractivity contribution in [2.75, 3.05) is 33.0 Å². The van der Waals surface area contributed by atoms with Crippen LogP contribution < -0.4 is 0 Å². The molecule has 134 valence electrons. The van der Waals surface area contributed by atoms with Gasteiger partial charge in [0.25, 0.3) is 0 Å². The molecule has 22 heavy (non-hydrogen) atoms. The van der Waals surface area contributed by atoms with Crippen LogP contribution in [0.25, 0.3) is 0 Å². The molecule has 0 unspecified atom stereocenters. The maximum Gasteiger partial charge on any atom is 0.0944 e. The molecule has 0 aromatic heterocycles. The van der Waals surface area contributed by atoms with Crippen LogP contribution in [0.3, 0.4) is 0 Å². The second kappa shape index (κ2) is 15.7. The maximum absolute atomic E-state index is 9.11. The molecule has 0 fully saturated rings. The quantitative estimate of drug-likeness (QED) is 0.218. The summed E-state index contributed by atoms with van der Waals surface area (Å²) in [5.74, 6) is 0. The summed E-state index contributed by atoms with van der Waals surface area (Å²) in [5, 5.41) is 27.3. The van der Waals surface area contributed by atoms with E-state index in [9.17, 15) is 0 Å². The number of aliphatic hydroxyl groups is 3. The monoisotopic (exact) mass is 320 g/mol. The first-order chi connectivity index (χ1) is 10.7. The first-order valence-electron chi connectivity index (χ1n) is 8.81. The van der Waals surface area contributed by atoms with Crippen molar-refractivity contribution in [3.63, 3.8) is 0 Å². The standard InChI is InChI=1S/C17H36O5/c1-2-3-4-5-6-7-8-9-10-11-12-21-22-16-17(13-18,14-19)15-20/h18-20H,2-16H2,1H3. The lowest BCUT2D eigenvalue weighted by molar-refractivity contribution is -0.316. The molecule has 0 bridgehead atoms. The molecule has 0 saturated carbocycles. The first-order valence-corrected chi connectivity index (χ1v) is 8.81. The Bertz CT molecular complexity index is 211. The van der Waals surface area contributed by atoms with Crippen molar-refractivity contribution < 1.29 is 25.1 Å². The Hall–Kier alpha value is -0.200. The van der Waals surface area contributed by atoms with Gasteiger partial charge in [0.05, 0.1) is 38.4 Å². The van der Waals surface area contributed by atoms with Gasteiger partial charge in [-0.25, -0.2) is 9.78 Å². The van der Waals surface area contributed by atoms with Gasteiger partial charge in [0, 0.05) is 0 Å². The predicted molar refractivity (Wildman–Crippen MR) is 87.4 cm³/mol. The van der Waals surface area contributed by atoms with E-state index in [1.807, 2.05) is 0 Å². The van der Waals surface area contributed by atoms with Gasteiger partial charge in [-0.2, -0.15) is 0 Å². The highest BCUT2D eigenvalue weighted by atomic mass is 17.2. The molecule has 0 radical (unpaired) electrons. The molecule has 0 rings (SSSR count). The van der Waals surface area contributed by atoms with Crippen molar-refractivity contribution >= 4 is 0 Å². The summed E-state index contributed by atoms with van der Waals surface area (Å²) < 4.78 is 0. The Kier molecular flexibility index (Phi) is 15.5. The number of hydrogen-bond donors (Lipinski definition) is 3. The van der Waals surface area contributed by atoms with Gasteiger partial charge < -0.3 is 15.3 Å². The number of rotatable bonds is 17. The molecule has 5 heteroatoms. The van der Waals surface area contributed by atoms with Gasteiger partial charge >= 0.3 is 0 Å². The molecule has 0 amide bonds. The summed E-state index contributed by atoms with van der Waals surface area (Å²) in [4.78, 5) is 10.0. The zero-order valence-electron chi connectivity index (χ0n) is 14.3. The predicted octanol–water partition coefficient (Wildman–Crippen LogP) is 2.82. The fourth-order valence-electron chi connectivity index (χ4n) is 2.16. The summed E-state index contributed by atoms with van der Waals surface area (Å²) in [6, 6.07) is 0. The lowest BCUT2D eigenvalue weighted by Crippen LogP contribution is -2.38. The Labute approximate surface area is 135 Å². The third-order valence-electron chi connectivity index (χ3n) is 4.04. The van der Waals surface area contributed by atoms with Gasteiger partial charge in [0.15, 0.2) is 0 Å². The molecule has 0 aliphatic rings. The highest BCUT2D eigenvalue weighted by Crippen LogP contribution is 2.15. The number of hydrogen-bond acceptors (Lipinski definition) is 5. The van der Waals surface area contributed by atoms with Crippen molar-refractivity contribution in [3.8, 4) is 0 Å². The number of unbranched alkanes of at least 4 members (excludes halogenated alkanes) is 9.